The molecule has 1 rings (SSSR count). The van der Waals surface area contributed by atoms with Crippen molar-refractivity contribution in [1.29, 1.82) is 0 Å². The summed E-state index contributed by atoms with van der Waals surface area (Å²) < 4.78 is 11.1. The first-order valence-electron chi connectivity index (χ1n) is 8.09. The number of ether oxygens (including phenoxy) is 2. The molecule has 0 aromatic heterocycles. The molecule has 8 nitrogen and oxygen atoms in total. The van der Waals surface area contributed by atoms with Crippen LogP contribution >= 0.6 is 0 Å². The van der Waals surface area contributed by atoms with Gasteiger partial charge in [0.05, 0.1) is 19.3 Å². The predicted octanol–water partition coefficient (Wildman–Crippen LogP) is -1.25. The van der Waals surface area contributed by atoms with E-state index in [1.807, 2.05) is 0 Å². The largest absolute Gasteiger partial charge is 0.396 e. The molecule has 1 aliphatic heterocycles. The average molecular weight is 335 g/mol. The second kappa shape index (κ2) is 10.9. The summed E-state index contributed by atoms with van der Waals surface area (Å²) in [5.74, 6) is -1.01. The van der Waals surface area contributed by atoms with Gasteiger partial charge in [0.1, 0.15) is 12.1 Å². The van der Waals surface area contributed by atoms with Crippen LogP contribution in [0.25, 0.3) is 0 Å². The van der Waals surface area contributed by atoms with Crippen LogP contribution in [-0.4, -0.2) is 77.3 Å². The van der Waals surface area contributed by atoms with Crippen LogP contribution in [-0.2, 0) is 14.3 Å². The van der Waals surface area contributed by atoms with Crippen LogP contribution in [0.15, 0.2) is 0 Å². The maximum atomic E-state index is 11.3. The summed E-state index contributed by atoms with van der Waals surface area (Å²) in [6.45, 7) is 1.54. The number of amides is 1. The van der Waals surface area contributed by atoms with Crippen molar-refractivity contribution >= 4 is 5.91 Å². The SMILES string of the molecule is CC(=O)NC1C(OCCCCCCO)OCC(CO)C(O)C1O. The number of nitrogens with one attached hydrogen (secondary N) is 1. The summed E-state index contributed by atoms with van der Waals surface area (Å²) in [5.41, 5.74) is 0. The van der Waals surface area contributed by atoms with Crippen molar-refractivity contribution in [2.75, 3.05) is 26.4 Å². The highest BCUT2D eigenvalue weighted by molar-refractivity contribution is 5.73. The Bertz CT molecular complexity index is 342. The maximum absolute atomic E-state index is 11.3. The second-order valence-electron chi connectivity index (χ2n) is 5.86. The van der Waals surface area contributed by atoms with Crippen LogP contribution in [0.5, 0.6) is 0 Å². The molecule has 5 unspecified atom stereocenters. The highest BCUT2D eigenvalue weighted by Crippen LogP contribution is 2.21. The molecule has 0 aromatic rings. The molecule has 5 N–H and O–H groups in total. The summed E-state index contributed by atoms with van der Waals surface area (Å²) in [4.78, 5) is 11.3. The van der Waals surface area contributed by atoms with Crippen molar-refractivity contribution in [2.24, 2.45) is 5.92 Å². The van der Waals surface area contributed by atoms with Crippen LogP contribution < -0.4 is 5.32 Å². The number of aliphatic hydroxyl groups is 4. The van der Waals surface area contributed by atoms with Gasteiger partial charge in [-0.25, -0.2) is 0 Å². The predicted molar refractivity (Wildman–Crippen MR) is 81.4 cm³/mol. The Balaban J connectivity index is 2.59. The minimum Gasteiger partial charge on any atom is -0.396 e. The molecule has 5 atom stereocenters. The van der Waals surface area contributed by atoms with Gasteiger partial charge in [-0.15, -0.1) is 0 Å². The molecule has 23 heavy (non-hydrogen) atoms. The molecule has 0 bridgehead atoms. The molecule has 136 valence electrons. The van der Waals surface area contributed by atoms with Crippen molar-refractivity contribution in [3.05, 3.63) is 0 Å². The average Bonchev–Trinajstić information content (AvgIpc) is 2.62. The van der Waals surface area contributed by atoms with Gasteiger partial charge in [-0.2, -0.15) is 0 Å². The number of rotatable bonds is 9. The third kappa shape index (κ3) is 6.70. The lowest BCUT2D eigenvalue weighted by molar-refractivity contribution is -0.171. The van der Waals surface area contributed by atoms with Gasteiger partial charge in [-0.05, 0) is 12.8 Å². The molecule has 1 fully saturated rings. The van der Waals surface area contributed by atoms with Gasteiger partial charge in [0.25, 0.3) is 0 Å². The molecule has 1 aliphatic rings. The quantitative estimate of drug-likeness (QED) is 0.333. The van der Waals surface area contributed by atoms with Crippen molar-refractivity contribution in [2.45, 2.75) is 57.1 Å². The van der Waals surface area contributed by atoms with Crippen LogP contribution in [0.1, 0.15) is 32.6 Å². The Hall–Kier alpha value is -0.770. The number of hydrogen-bond acceptors (Lipinski definition) is 7. The van der Waals surface area contributed by atoms with Gasteiger partial charge in [0.2, 0.25) is 5.91 Å². The first kappa shape index (κ1) is 20.3. The topological polar surface area (TPSA) is 128 Å². The van der Waals surface area contributed by atoms with Crippen LogP contribution in [0.4, 0.5) is 0 Å². The van der Waals surface area contributed by atoms with E-state index in [2.05, 4.69) is 5.32 Å². The van der Waals surface area contributed by atoms with Crippen LogP contribution in [0, 0.1) is 5.92 Å². The molecule has 0 aromatic carbocycles. The second-order valence-corrected chi connectivity index (χ2v) is 5.86. The summed E-state index contributed by atoms with van der Waals surface area (Å²) in [5, 5.41) is 40.8. The van der Waals surface area contributed by atoms with E-state index in [-0.39, 0.29) is 25.7 Å². The Labute approximate surface area is 136 Å². The highest BCUT2D eigenvalue weighted by atomic mass is 16.7. The van der Waals surface area contributed by atoms with E-state index in [0.29, 0.717) is 6.61 Å². The van der Waals surface area contributed by atoms with Gasteiger partial charge in [-0.3, -0.25) is 4.79 Å². The molecule has 0 radical (unpaired) electrons. The summed E-state index contributed by atoms with van der Waals surface area (Å²) in [6, 6.07) is -0.906. The first-order chi connectivity index (χ1) is 11.0. The number of carbonyl (C=O) groups is 1. The van der Waals surface area contributed by atoms with Gasteiger partial charge in [0, 0.05) is 26.1 Å². The Morgan fingerprint density at radius 1 is 1.17 bits per heavy atom. The standard InChI is InChI=1S/C15H29NO7/c1-10(19)16-12-14(21)13(20)11(8-18)9-23-15(12)22-7-5-3-2-4-6-17/h11-15,17-18,20-21H,2-9H2,1H3,(H,16,19). The third-order valence-electron chi connectivity index (χ3n) is 3.91. The first-order valence-corrected chi connectivity index (χ1v) is 8.09. The van der Waals surface area contributed by atoms with Gasteiger partial charge < -0.3 is 35.2 Å². The fourth-order valence-corrected chi connectivity index (χ4v) is 2.54. The van der Waals surface area contributed by atoms with Crippen LogP contribution in [0.2, 0.25) is 0 Å². The zero-order chi connectivity index (χ0) is 17.2. The summed E-state index contributed by atoms with van der Waals surface area (Å²) in [6.07, 6.45) is -0.102. The lowest BCUT2D eigenvalue weighted by atomic mass is 9.96. The van der Waals surface area contributed by atoms with Crippen molar-refractivity contribution in [3.63, 3.8) is 0 Å². The Morgan fingerprint density at radius 2 is 1.87 bits per heavy atom. The molecule has 0 aliphatic carbocycles. The van der Waals surface area contributed by atoms with E-state index in [1.54, 1.807) is 0 Å². The van der Waals surface area contributed by atoms with E-state index in [4.69, 9.17) is 14.6 Å². The molecule has 1 heterocycles. The molecule has 8 heteroatoms. The van der Waals surface area contributed by atoms with E-state index in [0.717, 1.165) is 25.7 Å². The van der Waals surface area contributed by atoms with Crippen molar-refractivity contribution in [3.8, 4) is 0 Å². The molecular formula is C15H29NO7. The van der Waals surface area contributed by atoms with E-state index < -0.39 is 30.5 Å². The Morgan fingerprint density at radius 3 is 2.48 bits per heavy atom. The normalized spacial score (nSPS) is 31.6. The maximum Gasteiger partial charge on any atom is 0.217 e. The lowest BCUT2D eigenvalue weighted by Crippen LogP contribution is -2.55. The van der Waals surface area contributed by atoms with E-state index in [9.17, 15) is 20.1 Å². The number of hydrogen-bond donors (Lipinski definition) is 5. The third-order valence-corrected chi connectivity index (χ3v) is 3.91. The minimum absolute atomic E-state index is 0.0278. The minimum atomic E-state index is -1.29. The lowest BCUT2D eigenvalue weighted by Gasteiger charge is -2.30. The van der Waals surface area contributed by atoms with E-state index in [1.165, 1.54) is 6.92 Å². The number of carbonyl (C=O) groups excluding carboxylic acids is 1. The Kier molecular flexibility index (Phi) is 9.61. The fourth-order valence-electron chi connectivity index (χ4n) is 2.54. The monoisotopic (exact) mass is 335 g/mol. The molecule has 0 saturated carbocycles. The summed E-state index contributed by atoms with van der Waals surface area (Å²) >= 11 is 0. The molecular weight excluding hydrogens is 306 g/mol. The molecule has 1 amide bonds. The van der Waals surface area contributed by atoms with Gasteiger partial charge in [0.15, 0.2) is 6.29 Å². The number of aliphatic hydroxyl groups excluding tert-OH is 4. The number of unbranched alkanes of at least 4 members (excludes halogenated alkanes) is 3. The van der Waals surface area contributed by atoms with Crippen molar-refractivity contribution < 1.29 is 34.7 Å². The zero-order valence-corrected chi connectivity index (χ0v) is 13.6. The van der Waals surface area contributed by atoms with E-state index >= 15 is 0 Å². The summed E-state index contributed by atoms with van der Waals surface area (Å²) in [7, 11) is 0. The smallest absolute Gasteiger partial charge is 0.217 e. The zero-order valence-electron chi connectivity index (χ0n) is 13.6. The molecule has 0 spiro atoms. The van der Waals surface area contributed by atoms with Gasteiger partial charge >= 0.3 is 0 Å². The van der Waals surface area contributed by atoms with Crippen molar-refractivity contribution in [1.82, 2.24) is 5.32 Å². The highest BCUT2D eigenvalue weighted by Gasteiger charge is 2.41. The molecule has 1 saturated heterocycles. The van der Waals surface area contributed by atoms with Gasteiger partial charge in [-0.1, -0.05) is 12.8 Å². The van der Waals surface area contributed by atoms with Crippen LogP contribution in [0.3, 0.4) is 0 Å². The fraction of sp³-hybridized carbons (Fsp3) is 0.933.